The number of aryl methyl sites for hydroxylation is 2. The normalized spacial score (nSPS) is 10.3. The van der Waals surface area contributed by atoms with E-state index in [1.54, 1.807) is 18.2 Å². The third-order valence-corrected chi connectivity index (χ3v) is 3.70. The fraction of sp³-hybridized carbons (Fsp3) is 0.222. The number of anilines is 2. The Kier molecular flexibility index (Phi) is 5.40. The zero-order valence-electron chi connectivity index (χ0n) is 13.4. The molecule has 0 bridgehead atoms. The zero-order valence-corrected chi connectivity index (χ0v) is 14.1. The standard InChI is InChI=1S/C18H19ClN2O2/c1-12-9-13(2)18(16(19)10-12)21(14(3)22)11-17(23)20-15-7-5-4-6-8-15/h4-10H,11H2,1-3H3,(H,20,23). The summed E-state index contributed by atoms with van der Waals surface area (Å²) in [7, 11) is 0. The summed E-state index contributed by atoms with van der Waals surface area (Å²) in [5.74, 6) is -0.510. The van der Waals surface area contributed by atoms with Crippen LogP contribution in [0.3, 0.4) is 0 Å². The lowest BCUT2D eigenvalue weighted by molar-refractivity contribution is -0.120. The molecule has 0 saturated heterocycles. The molecule has 0 fully saturated rings. The summed E-state index contributed by atoms with van der Waals surface area (Å²) in [6, 6.07) is 12.8. The van der Waals surface area contributed by atoms with Crippen LogP contribution in [0.25, 0.3) is 0 Å². The summed E-state index contributed by atoms with van der Waals surface area (Å²) in [6.07, 6.45) is 0. The number of hydrogen-bond acceptors (Lipinski definition) is 2. The number of para-hydroxylation sites is 1. The van der Waals surface area contributed by atoms with Crippen molar-refractivity contribution in [3.05, 3.63) is 58.6 Å². The summed E-state index contributed by atoms with van der Waals surface area (Å²) in [5.41, 5.74) is 3.13. The second kappa shape index (κ2) is 7.29. The molecule has 0 atom stereocenters. The lowest BCUT2D eigenvalue weighted by Crippen LogP contribution is -2.37. The minimum absolute atomic E-state index is 0.0894. The van der Waals surface area contributed by atoms with Gasteiger partial charge in [-0.1, -0.05) is 35.9 Å². The molecule has 0 unspecified atom stereocenters. The molecule has 2 amide bonds. The Morgan fingerprint density at radius 3 is 2.35 bits per heavy atom. The predicted molar refractivity (Wildman–Crippen MR) is 94.0 cm³/mol. The van der Waals surface area contributed by atoms with Crippen molar-refractivity contribution in [1.29, 1.82) is 0 Å². The van der Waals surface area contributed by atoms with E-state index in [9.17, 15) is 9.59 Å². The minimum atomic E-state index is -0.276. The van der Waals surface area contributed by atoms with Crippen molar-refractivity contribution in [2.75, 3.05) is 16.8 Å². The van der Waals surface area contributed by atoms with E-state index in [0.29, 0.717) is 16.4 Å². The monoisotopic (exact) mass is 330 g/mol. The molecule has 2 aromatic carbocycles. The van der Waals surface area contributed by atoms with Crippen LogP contribution in [0.5, 0.6) is 0 Å². The molecule has 2 aromatic rings. The molecule has 0 radical (unpaired) electrons. The van der Waals surface area contributed by atoms with Gasteiger partial charge < -0.3 is 10.2 Å². The van der Waals surface area contributed by atoms with E-state index in [2.05, 4.69) is 5.32 Å². The maximum Gasteiger partial charge on any atom is 0.244 e. The first-order valence-electron chi connectivity index (χ1n) is 7.28. The number of benzene rings is 2. The van der Waals surface area contributed by atoms with E-state index in [1.165, 1.54) is 11.8 Å². The first-order valence-corrected chi connectivity index (χ1v) is 7.66. The van der Waals surface area contributed by atoms with E-state index in [1.807, 2.05) is 38.1 Å². The molecular formula is C18H19ClN2O2. The quantitative estimate of drug-likeness (QED) is 0.922. The fourth-order valence-corrected chi connectivity index (χ4v) is 2.89. The molecule has 0 spiro atoms. The number of carbonyl (C=O) groups is 2. The van der Waals surface area contributed by atoms with Crippen LogP contribution < -0.4 is 10.2 Å². The van der Waals surface area contributed by atoms with Crippen LogP contribution in [0, 0.1) is 13.8 Å². The van der Waals surface area contributed by atoms with E-state index in [0.717, 1.165) is 11.1 Å². The molecule has 1 N–H and O–H groups in total. The van der Waals surface area contributed by atoms with Gasteiger partial charge >= 0.3 is 0 Å². The highest BCUT2D eigenvalue weighted by Crippen LogP contribution is 2.31. The number of carbonyl (C=O) groups excluding carboxylic acids is 2. The highest BCUT2D eigenvalue weighted by Gasteiger charge is 2.20. The molecule has 4 nitrogen and oxygen atoms in total. The highest BCUT2D eigenvalue weighted by atomic mass is 35.5. The minimum Gasteiger partial charge on any atom is -0.325 e. The third kappa shape index (κ3) is 4.33. The van der Waals surface area contributed by atoms with Gasteiger partial charge in [-0.3, -0.25) is 9.59 Å². The van der Waals surface area contributed by atoms with Crippen molar-refractivity contribution in [2.24, 2.45) is 0 Å². The Hall–Kier alpha value is -2.33. The molecule has 23 heavy (non-hydrogen) atoms. The Morgan fingerprint density at radius 2 is 1.78 bits per heavy atom. The van der Waals surface area contributed by atoms with Crippen LogP contribution in [0.2, 0.25) is 5.02 Å². The van der Waals surface area contributed by atoms with Gasteiger partial charge in [0.15, 0.2) is 0 Å². The molecule has 0 aromatic heterocycles. The SMILES string of the molecule is CC(=O)N(CC(=O)Nc1ccccc1)c1c(C)cc(C)cc1Cl. The van der Waals surface area contributed by atoms with Gasteiger partial charge in [-0.05, 0) is 43.2 Å². The Bertz CT molecular complexity index is 706. The van der Waals surface area contributed by atoms with Crippen molar-refractivity contribution < 1.29 is 9.59 Å². The molecule has 120 valence electrons. The van der Waals surface area contributed by atoms with Crippen LogP contribution in [0.4, 0.5) is 11.4 Å². The van der Waals surface area contributed by atoms with Crippen molar-refractivity contribution in [2.45, 2.75) is 20.8 Å². The van der Waals surface area contributed by atoms with Crippen molar-refractivity contribution in [1.82, 2.24) is 0 Å². The number of nitrogens with zero attached hydrogens (tertiary/aromatic N) is 1. The summed E-state index contributed by atoms with van der Waals surface area (Å²) < 4.78 is 0. The lowest BCUT2D eigenvalue weighted by atomic mass is 10.1. The Labute approximate surface area is 141 Å². The van der Waals surface area contributed by atoms with Gasteiger partial charge in [0.2, 0.25) is 11.8 Å². The van der Waals surface area contributed by atoms with Crippen LogP contribution in [0.15, 0.2) is 42.5 Å². The molecule has 5 heteroatoms. The summed E-state index contributed by atoms with van der Waals surface area (Å²) >= 11 is 6.29. The third-order valence-electron chi connectivity index (χ3n) is 3.41. The number of nitrogens with one attached hydrogen (secondary N) is 1. The lowest BCUT2D eigenvalue weighted by Gasteiger charge is -2.24. The van der Waals surface area contributed by atoms with Crippen LogP contribution in [-0.4, -0.2) is 18.4 Å². The smallest absolute Gasteiger partial charge is 0.244 e. The fourth-order valence-electron chi connectivity index (χ4n) is 2.46. The first-order chi connectivity index (χ1) is 10.9. The molecule has 0 heterocycles. The van der Waals surface area contributed by atoms with E-state index in [-0.39, 0.29) is 18.4 Å². The maximum absolute atomic E-state index is 12.2. The number of amides is 2. The largest absolute Gasteiger partial charge is 0.325 e. The van der Waals surface area contributed by atoms with Gasteiger partial charge in [0.1, 0.15) is 6.54 Å². The Morgan fingerprint density at radius 1 is 1.13 bits per heavy atom. The first kappa shape index (κ1) is 17.0. The number of rotatable bonds is 4. The molecule has 0 aliphatic rings. The van der Waals surface area contributed by atoms with E-state index < -0.39 is 0 Å². The van der Waals surface area contributed by atoms with E-state index in [4.69, 9.17) is 11.6 Å². The van der Waals surface area contributed by atoms with Crippen molar-refractivity contribution in [3.8, 4) is 0 Å². The molecule has 0 aliphatic heterocycles. The van der Waals surface area contributed by atoms with Crippen LogP contribution in [0.1, 0.15) is 18.1 Å². The predicted octanol–water partition coefficient (Wildman–Crippen LogP) is 3.95. The zero-order chi connectivity index (χ0) is 17.0. The van der Waals surface area contributed by atoms with Crippen molar-refractivity contribution >= 4 is 34.8 Å². The summed E-state index contributed by atoms with van der Waals surface area (Å²) in [5, 5.41) is 3.23. The average molecular weight is 331 g/mol. The number of halogens is 1. The van der Waals surface area contributed by atoms with Gasteiger partial charge in [-0.15, -0.1) is 0 Å². The van der Waals surface area contributed by atoms with Crippen LogP contribution in [-0.2, 0) is 9.59 Å². The molecule has 0 aliphatic carbocycles. The summed E-state index contributed by atoms with van der Waals surface area (Å²) in [4.78, 5) is 25.6. The molecule has 0 saturated carbocycles. The number of hydrogen-bond donors (Lipinski definition) is 1. The van der Waals surface area contributed by atoms with E-state index >= 15 is 0 Å². The second-order valence-corrected chi connectivity index (χ2v) is 5.84. The van der Waals surface area contributed by atoms with Crippen LogP contribution >= 0.6 is 11.6 Å². The maximum atomic E-state index is 12.2. The average Bonchev–Trinajstić information content (AvgIpc) is 2.46. The molecule has 2 rings (SSSR count). The second-order valence-electron chi connectivity index (χ2n) is 5.43. The summed E-state index contributed by atoms with van der Waals surface area (Å²) in [6.45, 7) is 5.14. The van der Waals surface area contributed by atoms with Gasteiger partial charge in [0.05, 0.1) is 10.7 Å². The van der Waals surface area contributed by atoms with Crippen molar-refractivity contribution in [3.63, 3.8) is 0 Å². The Balaban J connectivity index is 2.23. The topological polar surface area (TPSA) is 49.4 Å². The van der Waals surface area contributed by atoms with Gasteiger partial charge in [-0.2, -0.15) is 0 Å². The van der Waals surface area contributed by atoms with Gasteiger partial charge in [0.25, 0.3) is 0 Å². The van der Waals surface area contributed by atoms with Gasteiger partial charge in [0, 0.05) is 12.6 Å². The highest BCUT2D eigenvalue weighted by molar-refractivity contribution is 6.34. The van der Waals surface area contributed by atoms with Gasteiger partial charge in [-0.25, -0.2) is 0 Å². The molecular weight excluding hydrogens is 312 g/mol.